The molecule has 1 atom stereocenters. The summed E-state index contributed by atoms with van der Waals surface area (Å²) >= 11 is 0. The summed E-state index contributed by atoms with van der Waals surface area (Å²) in [5.74, 6) is 2.27. The summed E-state index contributed by atoms with van der Waals surface area (Å²) in [6.45, 7) is 7.28. The molecule has 1 aliphatic rings. The molecule has 114 valence electrons. The number of rotatable bonds is 5. The third-order valence-corrected chi connectivity index (χ3v) is 3.68. The van der Waals surface area contributed by atoms with Crippen molar-refractivity contribution in [3.8, 4) is 0 Å². The van der Waals surface area contributed by atoms with Gasteiger partial charge in [-0.05, 0) is 26.3 Å². The zero-order valence-electron chi connectivity index (χ0n) is 12.5. The number of nitrogens with one attached hydrogen (secondary N) is 1. The van der Waals surface area contributed by atoms with E-state index in [2.05, 4.69) is 25.5 Å². The van der Waals surface area contributed by atoms with Gasteiger partial charge in [0.1, 0.15) is 0 Å². The minimum absolute atomic E-state index is 0.456. The van der Waals surface area contributed by atoms with Gasteiger partial charge in [-0.3, -0.25) is 4.90 Å². The monoisotopic (exact) mass is 291 g/mol. The Morgan fingerprint density at radius 2 is 2.24 bits per heavy atom. The number of aryl methyl sites for hydroxylation is 2. The predicted molar refractivity (Wildman–Crippen MR) is 75.4 cm³/mol. The molecule has 0 amide bonds. The number of hydrogen-bond donors (Lipinski definition) is 1. The molecule has 0 aliphatic carbocycles. The van der Waals surface area contributed by atoms with Crippen LogP contribution >= 0.6 is 0 Å². The van der Waals surface area contributed by atoms with E-state index in [1.165, 1.54) is 12.8 Å². The van der Waals surface area contributed by atoms with E-state index in [4.69, 9.17) is 9.05 Å². The van der Waals surface area contributed by atoms with Gasteiger partial charge >= 0.3 is 0 Å². The first-order chi connectivity index (χ1) is 10.2. The summed E-state index contributed by atoms with van der Waals surface area (Å²) in [7, 11) is 0. The molecule has 1 saturated heterocycles. The molecule has 2 aromatic rings. The van der Waals surface area contributed by atoms with Gasteiger partial charge in [0.2, 0.25) is 5.89 Å². The first-order valence-corrected chi connectivity index (χ1v) is 7.36. The molecule has 1 aliphatic heterocycles. The average molecular weight is 291 g/mol. The van der Waals surface area contributed by atoms with Gasteiger partial charge in [0.25, 0.3) is 0 Å². The van der Waals surface area contributed by atoms with E-state index in [9.17, 15) is 0 Å². The number of nitrogens with zero attached hydrogens (tertiary/aromatic N) is 4. The molecule has 0 unspecified atom stereocenters. The Labute approximate surface area is 123 Å². The highest BCUT2D eigenvalue weighted by molar-refractivity contribution is 5.02. The molecule has 3 rings (SSSR count). The average Bonchev–Trinajstić information content (AvgIpc) is 3.06. The van der Waals surface area contributed by atoms with E-state index in [0.29, 0.717) is 11.9 Å². The Morgan fingerprint density at radius 3 is 2.95 bits per heavy atom. The first-order valence-electron chi connectivity index (χ1n) is 7.36. The molecule has 0 spiro atoms. The van der Waals surface area contributed by atoms with Crippen molar-refractivity contribution in [3.63, 3.8) is 0 Å². The molecule has 0 aromatic carbocycles. The third kappa shape index (κ3) is 3.89. The summed E-state index contributed by atoms with van der Waals surface area (Å²) in [5.41, 5.74) is 0.921. The van der Waals surface area contributed by atoms with Gasteiger partial charge in [0.15, 0.2) is 11.6 Å². The van der Waals surface area contributed by atoms with Crippen LogP contribution in [0.25, 0.3) is 0 Å². The van der Waals surface area contributed by atoms with E-state index in [-0.39, 0.29) is 0 Å². The van der Waals surface area contributed by atoms with Crippen molar-refractivity contribution >= 4 is 0 Å². The molecule has 0 saturated carbocycles. The fourth-order valence-corrected chi connectivity index (χ4v) is 2.72. The fourth-order valence-electron chi connectivity index (χ4n) is 2.72. The Balaban J connectivity index is 1.48. The maximum absolute atomic E-state index is 5.22. The van der Waals surface area contributed by atoms with E-state index >= 15 is 0 Å². The Kier molecular flexibility index (Phi) is 4.31. The summed E-state index contributed by atoms with van der Waals surface area (Å²) in [6.07, 6.45) is 2.35. The van der Waals surface area contributed by atoms with Crippen LogP contribution in [0.5, 0.6) is 0 Å². The number of aromatic nitrogens is 3. The molecule has 7 heteroatoms. The van der Waals surface area contributed by atoms with E-state index < -0.39 is 0 Å². The molecule has 0 radical (unpaired) electrons. The van der Waals surface area contributed by atoms with Crippen molar-refractivity contribution in [3.05, 3.63) is 29.2 Å². The zero-order valence-corrected chi connectivity index (χ0v) is 12.5. The molecule has 1 N–H and O–H groups in total. The van der Waals surface area contributed by atoms with Gasteiger partial charge in [0.05, 0.1) is 18.8 Å². The summed E-state index contributed by atoms with van der Waals surface area (Å²) < 4.78 is 10.2. The quantitative estimate of drug-likeness (QED) is 0.892. The van der Waals surface area contributed by atoms with Crippen LogP contribution in [0.1, 0.15) is 36.0 Å². The SMILES string of the molecule is Cc1cc(CN[C@@H]2CCCN(Cc3noc(C)n3)C2)on1. The van der Waals surface area contributed by atoms with Crippen molar-refractivity contribution in [2.75, 3.05) is 13.1 Å². The van der Waals surface area contributed by atoms with Crippen molar-refractivity contribution in [2.24, 2.45) is 0 Å². The van der Waals surface area contributed by atoms with Crippen LogP contribution in [-0.2, 0) is 13.1 Å². The molecular weight excluding hydrogens is 270 g/mol. The summed E-state index contributed by atoms with van der Waals surface area (Å²) in [6, 6.07) is 2.42. The van der Waals surface area contributed by atoms with Crippen LogP contribution in [0.3, 0.4) is 0 Å². The topological polar surface area (TPSA) is 80.2 Å². The van der Waals surface area contributed by atoms with E-state index in [1.807, 2.05) is 19.9 Å². The highest BCUT2D eigenvalue weighted by Gasteiger charge is 2.21. The summed E-state index contributed by atoms with van der Waals surface area (Å²) in [4.78, 5) is 6.62. The molecule has 2 aromatic heterocycles. The van der Waals surface area contributed by atoms with Crippen molar-refractivity contribution in [1.29, 1.82) is 0 Å². The lowest BCUT2D eigenvalue weighted by atomic mass is 10.1. The molecule has 3 heterocycles. The highest BCUT2D eigenvalue weighted by Crippen LogP contribution is 2.13. The van der Waals surface area contributed by atoms with Gasteiger partial charge in [-0.25, -0.2) is 0 Å². The van der Waals surface area contributed by atoms with Crippen molar-refractivity contribution < 1.29 is 9.05 Å². The lowest BCUT2D eigenvalue weighted by Gasteiger charge is -2.32. The standard InChI is InChI=1S/C14H21N5O2/c1-10-6-13(21-17-10)7-15-12-4-3-5-19(8-12)9-14-16-11(2)20-18-14/h6,12,15H,3-5,7-9H2,1-2H3/t12-/m1/s1. The van der Waals surface area contributed by atoms with Gasteiger partial charge in [0, 0.05) is 25.6 Å². The van der Waals surface area contributed by atoms with E-state index in [1.54, 1.807) is 0 Å². The van der Waals surface area contributed by atoms with Crippen LogP contribution < -0.4 is 5.32 Å². The largest absolute Gasteiger partial charge is 0.360 e. The fraction of sp³-hybridized carbons (Fsp3) is 0.643. The van der Waals surface area contributed by atoms with Crippen LogP contribution in [0.15, 0.2) is 15.1 Å². The van der Waals surface area contributed by atoms with Gasteiger partial charge in [-0.2, -0.15) is 4.98 Å². The smallest absolute Gasteiger partial charge is 0.223 e. The predicted octanol–water partition coefficient (Wildman–Crippen LogP) is 1.43. The van der Waals surface area contributed by atoms with Gasteiger partial charge in [-0.15, -0.1) is 0 Å². The molecular formula is C14H21N5O2. The number of hydrogen-bond acceptors (Lipinski definition) is 7. The number of likely N-dealkylation sites (tertiary alicyclic amines) is 1. The Hall–Kier alpha value is -1.73. The second kappa shape index (κ2) is 6.36. The maximum Gasteiger partial charge on any atom is 0.223 e. The van der Waals surface area contributed by atoms with Crippen LogP contribution in [-0.4, -0.2) is 39.3 Å². The second-order valence-electron chi connectivity index (χ2n) is 5.62. The molecule has 0 bridgehead atoms. The van der Waals surface area contributed by atoms with Gasteiger partial charge in [-0.1, -0.05) is 10.3 Å². The molecule has 7 nitrogen and oxygen atoms in total. The summed E-state index contributed by atoms with van der Waals surface area (Å²) in [5, 5.41) is 11.4. The van der Waals surface area contributed by atoms with Crippen LogP contribution in [0.4, 0.5) is 0 Å². The molecule has 1 fully saturated rings. The first kappa shape index (κ1) is 14.2. The highest BCUT2D eigenvalue weighted by atomic mass is 16.5. The minimum Gasteiger partial charge on any atom is -0.360 e. The second-order valence-corrected chi connectivity index (χ2v) is 5.62. The van der Waals surface area contributed by atoms with Crippen molar-refractivity contribution in [2.45, 2.75) is 45.8 Å². The van der Waals surface area contributed by atoms with Crippen molar-refractivity contribution in [1.82, 2.24) is 25.5 Å². The normalized spacial score (nSPS) is 20.0. The zero-order chi connectivity index (χ0) is 14.7. The Morgan fingerprint density at radius 1 is 1.33 bits per heavy atom. The molecule has 21 heavy (non-hydrogen) atoms. The maximum atomic E-state index is 5.22. The lowest BCUT2D eigenvalue weighted by molar-refractivity contribution is 0.175. The number of piperidine rings is 1. The van der Waals surface area contributed by atoms with Crippen LogP contribution in [0.2, 0.25) is 0 Å². The van der Waals surface area contributed by atoms with Gasteiger partial charge < -0.3 is 14.4 Å². The third-order valence-electron chi connectivity index (χ3n) is 3.68. The van der Waals surface area contributed by atoms with Crippen LogP contribution in [0, 0.1) is 13.8 Å². The van der Waals surface area contributed by atoms with E-state index in [0.717, 1.165) is 43.5 Å². The lowest BCUT2D eigenvalue weighted by Crippen LogP contribution is -2.45. The Bertz CT molecular complexity index is 579. The minimum atomic E-state index is 0.456.